The van der Waals surface area contributed by atoms with Crippen molar-refractivity contribution in [2.24, 2.45) is 11.0 Å². The molecule has 26 heavy (non-hydrogen) atoms. The number of esters is 1. The zero-order valence-electron chi connectivity index (χ0n) is 14.8. The van der Waals surface area contributed by atoms with Crippen LogP contribution >= 0.6 is 0 Å². The molecule has 2 atom stereocenters. The highest BCUT2D eigenvalue weighted by molar-refractivity contribution is 6.47. The van der Waals surface area contributed by atoms with Crippen molar-refractivity contribution >= 4 is 35.1 Å². The van der Waals surface area contributed by atoms with Crippen LogP contribution in [0, 0.1) is 5.92 Å². The summed E-state index contributed by atoms with van der Waals surface area (Å²) >= 11 is 0. The minimum absolute atomic E-state index is 0.0969. The van der Waals surface area contributed by atoms with Crippen molar-refractivity contribution in [1.29, 1.82) is 0 Å². The van der Waals surface area contributed by atoms with Crippen LogP contribution in [-0.2, 0) is 30.3 Å². The van der Waals surface area contributed by atoms with E-state index in [0.29, 0.717) is 5.69 Å². The highest BCUT2D eigenvalue weighted by Crippen LogP contribution is 2.35. The topological polar surface area (TPSA) is 96.3 Å². The molecule has 8 nitrogen and oxygen atoms in total. The van der Waals surface area contributed by atoms with Gasteiger partial charge in [0.15, 0.2) is 11.8 Å². The molecule has 0 unspecified atom stereocenters. The van der Waals surface area contributed by atoms with Gasteiger partial charge in [-0.2, -0.15) is 5.10 Å². The van der Waals surface area contributed by atoms with Crippen LogP contribution in [0.1, 0.15) is 26.3 Å². The fourth-order valence-corrected chi connectivity index (χ4v) is 3.18. The molecular formula is C18H19N3O5. The summed E-state index contributed by atoms with van der Waals surface area (Å²) in [5, 5.41) is 4.80. The number of fused-ring (bicyclic) bond motifs is 1. The quantitative estimate of drug-likeness (QED) is 0.589. The summed E-state index contributed by atoms with van der Waals surface area (Å²) in [6, 6.07) is 5.86. The number of ether oxygens (including phenoxy) is 1. The maximum Gasteiger partial charge on any atom is 0.355 e. The van der Waals surface area contributed by atoms with E-state index in [4.69, 9.17) is 4.74 Å². The van der Waals surface area contributed by atoms with Crippen LogP contribution < -0.4 is 4.90 Å². The first-order chi connectivity index (χ1) is 12.4. The van der Waals surface area contributed by atoms with E-state index < -0.39 is 35.7 Å². The van der Waals surface area contributed by atoms with Crippen molar-refractivity contribution in [1.82, 2.24) is 5.01 Å². The fourth-order valence-electron chi connectivity index (χ4n) is 3.18. The second kappa shape index (κ2) is 6.70. The lowest BCUT2D eigenvalue weighted by molar-refractivity contribution is -0.136. The number of hydrogen-bond donors (Lipinski definition) is 0. The standard InChI is InChI=1S/C18H19N3O5/c1-4-11-6-8-12(9-7-11)20-16(23)13-14(18(25)26-5-2)19-21(10(3)22)15(13)17(20)24/h6-9,13,15H,4-5H2,1-3H3/t13-,15-/m0/s1. The molecule has 0 aromatic heterocycles. The van der Waals surface area contributed by atoms with Gasteiger partial charge >= 0.3 is 5.97 Å². The molecule has 3 rings (SSSR count). The van der Waals surface area contributed by atoms with Crippen LogP contribution in [0.3, 0.4) is 0 Å². The summed E-state index contributed by atoms with van der Waals surface area (Å²) in [4.78, 5) is 50.8. The Hall–Kier alpha value is -3.03. The number of aryl methyl sites for hydroxylation is 1. The predicted octanol–water partition coefficient (Wildman–Crippen LogP) is 0.888. The minimum Gasteiger partial charge on any atom is -0.461 e. The smallest absolute Gasteiger partial charge is 0.355 e. The normalized spacial score (nSPS) is 21.7. The molecule has 0 spiro atoms. The summed E-state index contributed by atoms with van der Waals surface area (Å²) in [6.07, 6.45) is 0.825. The molecule has 8 heteroatoms. The number of carbonyl (C=O) groups is 4. The molecule has 136 valence electrons. The summed E-state index contributed by atoms with van der Waals surface area (Å²) in [7, 11) is 0. The van der Waals surface area contributed by atoms with Gasteiger partial charge in [-0.3, -0.25) is 14.4 Å². The summed E-state index contributed by atoms with van der Waals surface area (Å²) in [6.45, 7) is 4.94. The number of amides is 3. The van der Waals surface area contributed by atoms with Gasteiger partial charge in [-0.1, -0.05) is 19.1 Å². The molecular weight excluding hydrogens is 338 g/mol. The molecule has 2 heterocycles. The SMILES string of the molecule is CCOC(=O)C1=NN(C(C)=O)[C@@H]2C(=O)N(c3ccc(CC)cc3)C(=O)[C@@H]12. The van der Waals surface area contributed by atoms with Crippen LogP contribution in [-0.4, -0.2) is 47.1 Å². The average Bonchev–Trinajstić information content (AvgIpc) is 3.13. The number of nitrogens with zero attached hydrogens (tertiary/aromatic N) is 3. The predicted molar refractivity (Wildman–Crippen MR) is 92.2 cm³/mol. The molecule has 0 aliphatic carbocycles. The number of anilines is 1. The lowest BCUT2D eigenvalue weighted by Crippen LogP contribution is -2.41. The van der Waals surface area contributed by atoms with E-state index in [1.165, 1.54) is 6.92 Å². The highest BCUT2D eigenvalue weighted by atomic mass is 16.5. The third kappa shape index (κ3) is 2.67. The first kappa shape index (κ1) is 17.8. The van der Waals surface area contributed by atoms with Crippen LogP contribution in [0.15, 0.2) is 29.4 Å². The number of carbonyl (C=O) groups excluding carboxylic acids is 4. The molecule has 3 amide bonds. The zero-order chi connectivity index (χ0) is 19.0. The Morgan fingerprint density at radius 2 is 1.77 bits per heavy atom. The first-order valence-corrected chi connectivity index (χ1v) is 8.42. The molecule has 0 N–H and O–H groups in total. The van der Waals surface area contributed by atoms with Gasteiger partial charge in [0.25, 0.3) is 5.91 Å². The van der Waals surface area contributed by atoms with E-state index in [1.54, 1.807) is 19.1 Å². The van der Waals surface area contributed by atoms with Gasteiger partial charge in [0.05, 0.1) is 12.3 Å². The summed E-state index contributed by atoms with van der Waals surface area (Å²) in [5.74, 6) is -3.63. The van der Waals surface area contributed by atoms with Gasteiger partial charge in [-0.15, -0.1) is 0 Å². The number of rotatable bonds is 4. The third-order valence-electron chi connectivity index (χ3n) is 4.46. The zero-order valence-corrected chi connectivity index (χ0v) is 14.8. The second-order valence-corrected chi connectivity index (χ2v) is 6.02. The number of imide groups is 1. The van der Waals surface area contributed by atoms with Crippen molar-refractivity contribution in [3.05, 3.63) is 29.8 Å². The van der Waals surface area contributed by atoms with Crippen molar-refractivity contribution in [2.75, 3.05) is 11.5 Å². The number of hydrazone groups is 1. The van der Waals surface area contributed by atoms with Crippen LogP contribution in [0.5, 0.6) is 0 Å². The Balaban J connectivity index is 2.00. The van der Waals surface area contributed by atoms with Crippen molar-refractivity contribution in [2.45, 2.75) is 33.2 Å². The summed E-state index contributed by atoms with van der Waals surface area (Å²) < 4.78 is 4.93. The van der Waals surface area contributed by atoms with Gasteiger partial charge < -0.3 is 4.74 Å². The molecule has 0 bridgehead atoms. The van der Waals surface area contributed by atoms with Crippen molar-refractivity contribution < 1.29 is 23.9 Å². The molecule has 2 aliphatic heterocycles. The van der Waals surface area contributed by atoms with E-state index >= 15 is 0 Å². The summed E-state index contributed by atoms with van der Waals surface area (Å²) in [5.41, 5.74) is 1.25. The van der Waals surface area contributed by atoms with Crippen LogP contribution in [0.4, 0.5) is 5.69 Å². The Morgan fingerprint density at radius 1 is 1.12 bits per heavy atom. The fraction of sp³-hybridized carbons (Fsp3) is 0.389. The van der Waals surface area contributed by atoms with Crippen molar-refractivity contribution in [3.8, 4) is 0 Å². The van der Waals surface area contributed by atoms with E-state index in [1.807, 2.05) is 19.1 Å². The monoisotopic (exact) mass is 357 g/mol. The lowest BCUT2D eigenvalue weighted by atomic mass is 9.98. The van der Waals surface area contributed by atoms with E-state index in [-0.39, 0.29) is 12.3 Å². The molecule has 2 aliphatic rings. The van der Waals surface area contributed by atoms with Crippen LogP contribution in [0.25, 0.3) is 0 Å². The van der Waals surface area contributed by atoms with E-state index in [0.717, 1.165) is 21.9 Å². The number of benzene rings is 1. The number of hydrogen-bond acceptors (Lipinski definition) is 6. The Labute approximate surface area is 150 Å². The van der Waals surface area contributed by atoms with Gasteiger partial charge in [0.1, 0.15) is 5.92 Å². The van der Waals surface area contributed by atoms with Gasteiger partial charge in [-0.25, -0.2) is 14.7 Å². The molecule has 1 saturated heterocycles. The molecule has 1 aromatic rings. The van der Waals surface area contributed by atoms with Gasteiger partial charge in [0, 0.05) is 6.92 Å². The maximum atomic E-state index is 12.9. The minimum atomic E-state index is -1.15. The Morgan fingerprint density at radius 3 is 2.31 bits per heavy atom. The highest BCUT2D eigenvalue weighted by Gasteiger charge is 2.59. The second-order valence-electron chi connectivity index (χ2n) is 6.02. The molecule has 0 radical (unpaired) electrons. The maximum absolute atomic E-state index is 12.9. The molecule has 1 fully saturated rings. The van der Waals surface area contributed by atoms with Gasteiger partial charge in [-0.05, 0) is 31.0 Å². The van der Waals surface area contributed by atoms with Crippen molar-refractivity contribution in [3.63, 3.8) is 0 Å². The Kier molecular flexibility index (Phi) is 4.58. The lowest BCUT2D eigenvalue weighted by Gasteiger charge is -2.19. The third-order valence-corrected chi connectivity index (χ3v) is 4.46. The Bertz CT molecular complexity index is 815. The van der Waals surface area contributed by atoms with E-state index in [9.17, 15) is 19.2 Å². The van der Waals surface area contributed by atoms with Crippen LogP contribution in [0.2, 0.25) is 0 Å². The average molecular weight is 357 g/mol. The molecule has 1 aromatic carbocycles. The largest absolute Gasteiger partial charge is 0.461 e. The first-order valence-electron chi connectivity index (χ1n) is 8.42. The van der Waals surface area contributed by atoms with Gasteiger partial charge in [0.2, 0.25) is 11.8 Å². The molecule has 0 saturated carbocycles. The van der Waals surface area contributed by atoms with E-state index in [2.05, 4.69) is 5.10 Å².